The molecule has 0 aromatic rings. The van der Waals surface area contributed by atoms with E-state index in [1.165, 1.54) is 0 Å². The fraction of sp³-hybridized carbons (Fsp3) is 0.750. The first-order chi connectivity index (χ1) is 9.72. The monoisotopic (exact) mass is 282 g/mol. The van der Waals surface area contributed by atoms with E-state index >= 15 is 0 Å². The summed E-state index contributed by atoms with van der Waals surface area (Å²) < 4.78 is 5.39. The van der Waals surface area contributed by atoms with Crippen LogP contribution in [-0.2, 0) is 4.74 Å². The first-order valence-corrected chi connectivity index (χ1v) is 7.66. The van der Waals surface area contributed by atoms with Crippen molar-refractivity contribution >= 4 is 0 Å². The number of ether oxygens (including phenoxy) is 1. The fourth-order valence-electron chi connectivity index (χ4n) is 2.69. The maximum atomic E-state index is 10.5. The maximum Gasteiger partial charge on any atom is 0.0708 e. The van der Waals surface area contributed by atoms with Crippen LogP contribution >= 0.6 is 0 Å². The van der Waals surface area contributed by atoms with Crippen molar-refractivity contribution in [3.8, 4) is 0 Å². The van der Waals surface area contributed by atoms with Gasteiger partial charge in [0.25, 0.3) is 0 Å². The van der Waals surface area contributed by atoms with Crippen LogP contribution in [0.2, 0.25) is 0 Å². The molecule has 4 nitrogen and oxygen atoms in total. The van der Waals surface area contributed by atoms with Gasteiger partial charge in [-0.25, -0.2) is 0 Å². The van der Waals surface area contributed by atoms with Gasteiger partial charge < -0.3 is 9.84 Å². The van der Waals surface area contributed by atoms with Gasteiger partial charge in [0.05, 0.1) is 19.3 Å². The van der Waals surface area contributed by atoms with Gasteiger partial charge in [-0.1, -0.05) is 25.5 Å². The van der Waals surface area contributed by atoms with Crippen molar-refractivity contribution in [1.82, 2.24) is 9.80 Å². The zero-order chi connectivity index (χ0) is 14.8. The quantitative estimate of drug-likeness (QED) is 0.616. The van der Waals surface area contributed by atoms with Gasteiger partial charge in [-0.3, -0.25) is 9.80 Å². The number of morpholine rings is 1. The molecule has 1 fully saturated rings. The Kier molecular flexibility index (Phi) is 8.78. The number of aliphatic hydroxyl groups is 1. The lowest BCUT2D eigenvalue weighted by molar-refractivity contribution is -0.00546. The lowest BCUT2D eigenvalue weighted by Gasteiger charge is -2.38. The average molecular weight is 282 g/mol. The molecule has 0 aromatic carbocycles. The number of hydrogen-bond donors (Lipinski definition) is 1. The normalized spacial score (nSPS) is 19.8. The van der Waals surface area contributed by atoms with Crippen molar-refractivity contribution < 1.29 is 9.84 Å². The summed E-state index contributed by atoms with van der Waals surface area (Å²) in [6.07, 6.45) is 5.32. The summed E-state index contributed by atoms with van der Waals surface area (Å²) in [5, 5.41) is 10.5. The van der Waals surface area contributed by atoms with Crippen molar-refractivity contribution in [3.63, 3.8) is 0 Å². The van der Waals surface area contributed by atoms with E-state index in [-0.39, 0.29) is 12.1 Å². The first kappa shape index (κ1) is 17.4. The standard InChI is InChI=1S/C16H30N2O2/c1-4-7-16(19)15(18(8-5-2)9-6-3)14-17-10-12-20-13-11-17/h5-6,15-16,19H,2-4,7-14H2,1H3/t15-,16+/m0/s1. The molecule has 1 rings (SSSR count). The molecular weight excluding hydrogens is 252 g/mol. The van der Waals surface area contributed by atoms with Crippen LogP contribution in [0.5, 0.6) is 0 Å². The first-order valence-electron chi connectivity index (χ1n) is 7.66. The van der Waals surface area contributed by atoms with Crippen LogP contribution in [0.15, 0.2) is 25.3 Å². The minimum absolute atomic E-state index is 0.129. The molecule has 0 bridgehead atoms. The third-order valence-corrected chi connectivity index (χ3v) is 3.77. The molecule has 0 spiro atoms. The Morgan fingerprint density at radius 3 is 2.35 bits per heavy atom. The van der Waals surface area contributed by atoms with Crippen LogP contribution < -0.4 is 0 Å². The second-order valence-corrected chi connectivity index (χ2v) is 5.37. The molecule has 0 saturated carbocycles. The summed E-state index contributed by atoms with van der Waals surface area (Å²) in [7, 11) is 0. The predicted octanol–water partition coefficient (Wildman–Crippen LogP) is 1.52. The second-order valence-electron chi connectivity index (χ2n) is 5.37. The van der Waals surface area contributed by atoms with Gasteiger partial charge in [0, 0.05) is 38.8 Å². The molecule has 0 radical (unpaired) electrons. The topological polar surface area (TPSA) is 35.9 Å². The predicted molar refractivity (Wildman–Crippen MR) is 83.9 cm³/mol. The van der Waals surface area contributed by atoms with E-state index in [1.54, 1.807) is 0 Å². The van der Waals surface area contributed by atoms with Crippen LogP contribution in [-0.4, -0.2) is 73.0 Å². The molecule has 1 N–H and O–H groups in total. The summed E-state index contributed by atoms with van der Waals surface area (Å²) in [5.74, 6) is 0. The zero-order valence-electron chi connectivity index (χ0n) is 12.8. The molecular formula is C16H30N2O2. The lowest BCUT2D eigenvalue weighted by Crippen LogP contribution is -2.52. The Morgan fingerprint density at radius 1 is 1.25 bits per heavy atom. The van der Waals surface area contributed by atoms with Crippen molar-refractivity contribution in [3.05, 3.63) is 25.3 Å². The summed E-state index contributed by atoms with van der Waals surface area (Å²) in [6, 6.07) is 0.129. The largest absolute Gasteiger partial charge is 0.391 e. The highest BCUT2D eigenvalue weighted by atomic mass is 16.5. The maximum absolute atomic E-state index is 10.5. The average Bonchev–Trinajstić information content (AvgIpc) is 2.46. The Labute approximate surface area is 123 Å². The third kappa shape index (κ3) is 5.75. The van der Waals surface area contributed by atoms with E-state index in [0.29, 0.717) is 0 Å². The second kappa shape index (κ2) is 10.1. The van der Waals surface area contributed by atoms with Gasteiger partial charge in [0.2, 0.25) is 0 Å². The van der Waals surface area contributed by atoms with Crippen LogP contribution in [0.4, 0.5) is 0 Å². The Bertz CT molecular complexity index is 268. The SMILES string of the molecule is C=CCN(CC=C)[C@@H](CN1CCOCC1)[C@H](O)CCC. The molecule has 2 atom stereocenters. The van der Waals surface area contributed by atoms with Gasteiger partial charge in [0.1, 0.15) is 0 Å². The minimum Gasteiger partial charge on any atom is -0.391 e. The summed E-state index contributed by atoms with van der Waals surface area (Å²) >= 11 is 0. The van der Waals surface area contributed by atoms with Crippen LogP contribution in [0, 0.1) is 0 Å². The van der Waals surface area contributed by atoms with E-state index in [2.05, 4.69) is 29.9 Å². The van der Waals surface area contributed by atoms with E-state index in [0.717, 1.165) is 58.8 Å². The van der Waals surface area contributed by atoms with Crippen LogP contribution in [0.1, 0.15) is 19.8 Å². The van der Waals surface area contributed by atoms with Gasteiger partial charge in [0.15, 0.2) is 0 Å². The molecule has 20 heavy (non-hydrogen) atoms. The van der Waals surface area contributed by atoms with Crippen molar-refractivity contribution in [2.75, 3.05) is 45.9 Å². The molecule has 1 heterocycles. The van der Waals surface area contributed by atoms with Gasteiger partial charge >= 0.3 is 0 Å². The number of rotatable bonds is 10. The summed E-state index contributed by atoms with van der Waals surface area (Å²) in [4.78, 5) is 4.64. The highest BCUT2D eigenvalue weighted by Crippen LogP contribution is 2.13. The Morgan fingerprint density at radius 2 is 1.85 bits per heavy atom. The summed E-state index contributed by atoms with van der Waals surface area (Å²) in [5.41, 5.74) is 0. The van der Waals surface area contributed by atoms with Crippen molar-refractivity contribution in [2.45, 2.75) is 31.9 Å². The summed E-state index contributed by atoms with van der Waals surface area (Å²) in [6.45, 7) is 15.7. The van der Waals surface area contributed by atoms with Gasteiger partial charge in [-0.2, -0.15) is 0 Å². The highest BCUT2D eigenvalue weighted by molar-refractivity contribution is 4.90. The molecule has 0 aromatic heterocycles. The van der Waals surface area contributed by atoms with E-state index in [1.807, 2.05) is 12.2 Å². The molecule has 0 amide bonds. The van der Waals surface area contributed by atoms with Crippen LogP contribution in [0.25, 0.3) is 0 Å². The van der Waals surface area contributed by atoms with Crippen molar-refractivity contribution in [2.24, 2.45) is 0 Å². The van der Waals surface area contributed by atoms with Gasteiger partial charge in [-0.05, 0) is 6.42 Å². The van der Waals surface area contributed by atoms with Crippen molar-refractivity contribution in [1.29, 1.82) is 0 Å². The third-order valence-electron chi connectivity index (χ3n) is 3.77. The molecule has 4 heteroatoms. The number of hydrogen-bond acceptors (Lipinski definition) is 4. The molecule has 1 aliphatic heterocycles. The smallest absolute Gasteiger partial charge is 0.0708 e. The minimum atomic E-state index is -0.303. The number of aliphatic hydroxyl groups excluding tert-OH is 1. The Balaban J connectivity index is 2.69. The molecule has 0 aliphatic carbocycles. The number of nitrogens with zero attached hydrogens (tertiary/aromatic N) is 2. The Hall–Kier alpha value is -0.680. The molecule has 116 valence electrons. The lowest BCUT2D eigenvalue weighted by atomic mass is 10.0. The molecule has 1 aliphatic rings. The molecule has 0 unspecified atom stereocenters. The fourth-order valence-corrected chi connectivity index (χ4v) is 2.69. The van der Waals surface area contributed by atoms with Crippen LogP contribution in [0.3, 0.4) is 0 Å². The zero-order valence-corrected chi connectivity index (χ0v) is 12.8. The van der Waals surface area contributed by atoms with E-state index < -0.39 is 0 Å². The highest BCUT2D eigenvalue weighted by Gasteiger charge is 2.27. The van der Waals surface area contributed by atoms with E-state index in [4.69, 9.17) is 4.74 Å². The van der Waals surface area contributed by atoms with Gasteiger partial charge in [-0.15, -0.1) is 13.2 Å². The molecule has 1 saturated heterocycles. The van der Waals surface area contributed by atoms with E-state index in [9.17, 15) is 5.11 Å².